The fourth-order valence-corrected chi connectivity index (χ4v) is 1.73. The molecular formula is C14H14FN. The van der Waals surface area contributed by atoms with Gasteiger partial charge >= 0.3 is 0 Å². The van der Waals surface area contributed by atoms with Crippen molar-refractivity contribution in [3.63, 3.8) is 0 Å². The highest BCUT2D eigenvalue weighted by Crippen LogP contribution is 2.28. The lowest BCUT2D eigenvalue weighted by Gasteiger charge is -2.28. The fraction of sp³-hybridized carbons (Fsp3) is 0.143. The molecule has 1 heterocycles. The van der Waals surface area contributed by atoms with Gasteiger partial charge in [0.1, 0.15) is 5.82 Å². The highest BCUT2D eigenvalue weighted by molar-refractivity contribution is 5.70. The van der Waals surface area contributed by atoms with Crippen LogP contribution >= 0.6 is 0 Å². The standard InChI is InChI=1S/C14H14FN/c1-10-4-9-14(16(3)11(10)2)12-5-7-13(15)8-6-12/h4-9H,2H2,1,3H3. The minimum atomic E-state index is -0.214. The molecular weight excluding hydrogens is 201 g/mol. The number of rotatable bonds is 1. The zero-order valence-electron chi connectivity index (χ0n) is 9.50. The van der Waals surface area contributed by atoms with E-state index in [1.54, 1.807) is 12.1 Å². The van der Waals surface area contributed by atoms with Crippen molar-refractivity contribution in [3.05, 3.63) is 65.6 Å². The minimum Gasteiger partial charge on any atom is -0.344 e. The molecule has 1 aromatic rings. The molecule has 0 unspecified atom stereocenters. The summed E-state index contributed by atoms with van der Waals surface area (Å²) in [6.45, 7) is 6.04. The van der Waals surface area contributed by atoms with Crippen molar-refractivity contribution in [2.24, 2.45) is 0 Å². The minimum absolute atomic E-state index is 0.214. The Kier molecular flexibility index (Phi) is 2.65. The highest BCUT2D eigenvalue weighted by Gasteiger charge is 2.14. The SMILES string of the molecule is C=C1C(C)=CC=C(c2ccc(F)cc2)N1C. The van der Waals surface area contributed by atoms with Gasteiger partial charge in [0, 0.05) is 18.4 Å². The summed E-state index contributed by atoms with van der Waals surface area (Å²) in [6.07, 6.45) is 4.05. The summed E-state index contributed by atoms with van der Waals surface area (Å²) in [5.41, 5.74) is 4.15. The van der Waals surface area contributed by atoms with Crippen LogP contribution in [0.25, 0.3) is 5.70 Å². The Balaban J connectivity index is 2.42. The van der Waals surface area contributed by atoms with Crippen molar-refractivity contribution < 1.29 is 4.39 Å². The first kappa shape index (κ1) is 10.7. The summed E-state index contributed by atoms with van der Waals surface area (Å²) in [5.74, 6) is -0.214. The second kappa shape index (κ2) is 3.97. The molecule has 16 heavy (non-hydrogen) atoms. The van der Waals surface area contributed by atoms with Gasteiger partial charge in [-0.15, -0.1) is 0 Å². The summed E-state index contributed by atoms with van der Waals surface area (Å²) >= 11 is 0. The van der Waals surface area contributed by atoms with Crippen molar-refractivity contribution in [2.75, 3.05) is 7.05 Å². The van der Waals surface area contributed by atoms with E-state index in [2.05, 4.69) is 6.58 Å². The molecule has 0 bridgehead atoms. The van der Waals surface area contributed by atoms with Crippen LogP contribution in [0.5, 0.6) is 0 Å². The summed E-state index contributed by atoms with van der Waals surface area (Å²) in [5, 5.41) is 0. The molecule has 0 aromatic heterocycles. The summed E-state index contributed by atoms with van der Waals surface area (Å²) in [4.78, 5) is 2.02. The van der Waals surface area contributed by atoms with Crippen molar-refractivity contribution in [3.8, 4) is 0 Å². The normalized spacial score (nSPS) is 15.9. The number of nitrogens with zero attached hydrogens (tertiary/aromatic N) is 1. The van der Waals surface area contributed by atoms with Crippen molar-refractivity contribution in [1.29, 1.82) is 0 Å². The Hall–Kier alpha value is -1.83. The van der Waals surface area contributed by atoms with Gasteiger partial charge in [-0.3, -0.25) is 0 Å². The van der Waals surface area contributed by atoms with Crippen LogP contribution in [0, 0.1) is 5.82 Å². The third-order valence-corrected chi connectivity index (χ3v) is 2.85. The molecule has 1 aliphatic heterocycles. The van der Waals surface area contributed by atoms with Gasteiger partial charge in [0.15, 0.2) is 0 Å². The summed E-state index contributed by atoms with van der Waals surface area (Å²) in [7, 11) is 1.97. The van der Waals surface area contributed by atoms with E-state index in [0.717, 1.165) is 22.5 Å². The Bertz CT molecular complexity index is 480. The average molecular weight is 215 g/mol. The largest absolute Gasteiger partial charge is 0.344 e. The molecule has 0 aliphatic carbocycles. The van der Waals surface area contributed by atoms with Gasteiger partial charge in [-0.1, -0.05) is 12.7 Å². The Morgan fingerprint density at radius 1 is 1.12 bits per heavy atom. The molecule has 2 heteroatoms. The molecule has 0 N–H and O–H groups in total. The van der Waals surface area contributed by atoms with E-state index >= 15 is 0 Å². The molecule has 82 valence electrons. The van der Waals surface area contributed by atoms with Crippen LogP contribution in [0.2, 0.25) is 0 Å². The van der Waals surface area contributed by atoms with E-state index in [4.69, 9.17) is 0 Å². The molecule has 0 saturated heterocycles. The van der Waals surface area contributed by atoms with E-state index in [-0.39, 0.29) is 5.82 Å². The number of hydrogen-bond acceptors (Lipinski definition) is 1. The average Bonchev–Trinajstić information content (AvgIpc) is 2.28. The van der Waals surface area contributed by atoms with Gasteiger partial charge in [-0.05, 0) is 48.4 Å². The monoisotopic (exact) mass is 215 g/mol. The number of benzene rings is 1. The van der Waals surface area contributed by atoms with Crippen LogP contribution in [0.4, 0.5) is 4.39 Å². The Morgan fingerprint density at radius 2 is 1.75 bits per heavy atom. The lowest BCUT2D eigenvalue weighted by Crippen LogP contribution is -2.18. The van der Waals surface area contributed by atoms with E-state index in [1.165, 1.54) is 12.1 Å². The lowest BCUT2D eigenvalue weighted by atomic mass is 10.0. The third kappa shape index (κ3) is 1.78. The molecule has 1 nitrogen and oxygen atoms in total. The molecule has 0 spiro atoms. The fourth-order valence-electron chi connectivity index (χ4n) is 1.73. The molecule has 0 atom stereocenters. The van der Waals surface area contributed by atoms with Crippen LogP contribution in [0.1, 0.15) is 12.5 Å². The summed E-state index contributed by atoms with van der Waals surface area (Å²) in [6, 6.07) is 6.49. The molecule has 1 aromatic carbocycles. The van der Waals surface area contributed by atoms with Crippen molar-refractivity contribution >= 4 is 5.70 Å². The van der Waals surface area contributed by atoms with Crippen LogP contribution < -0.4 is 0 Å². The van der Waals surface area contributed by atoms with E-state index in [0.29, 0.717) is 0 Å². The molecule has 0 radical (unpaired) electrons. The van der Waals surface area contributed by atoms with Gasteiger partial charge in [0.05, 0.1) is 0 Å². The number of allylic oxidation sites excluding steroid dienone is 3. The maximum absolute atomic E-state index is 12.8. The first-order chi connectivity index (χ1) is 7.59. The van der Waals surface area contributed by atoms with E-state index in [9.17, 15) is 4.39 Å². The maximum Gasteiger partial charge on any atom is 0.123 e. The van der Waals surface area contributed by atoms with Gasteiger partial charge in [-0.25, -0.2) is 4.39 Å². The first-order valence-corrected chi connectivity index (χ1v) is 5.17. The van der Waals surface area contributed by atoms with Gasteiger partial charge in [0.2, 0.25) is 0 Å². The van der Waals surface area contributed by atoms with Gasteiger partial charge in [0.25, 0.3) is 0 Å². The summed E-state index contributed by atoms with van der Waals surface area (Å²) < 4.78 is 12.8. The molecule has 0 fully saturated rings. The molecule has 1 aliphatic rings. The highest BCUT2D eigenvalue weighted by atomic mass is 19.1. The van der Waals surface area contributed by atoms with Gasteiger partial charge in [-0.2, -0.15) is 0 Å². The maximum atomic E-state index is 12.8. The second-order valence-electron chi connectivity index (χ2n) is 3.91. The Morgan fingerprint density at radius 3 is 2.38 bits per heavy atom. The predicted molar refractivity (Wildman–Crippen MR) is 65.0 cm³/mol. The second-order valence-corrected chi connectivity index (χ2v) is 3.91. The zero-order chi connectivity index (χ0) is 11.7. The molecule has 0 amide bonds. The Labute approximate surface area is 95.2 Å². The molecule has 0 saturated carbocycles. The number of hydrogen-bond donors (Lipinski definition) is 0. The van der Waals surface area contributed by atoms with Crippen LogP contribution in [-0.2, 0) is 0 Å². The predicted octanol–water partition coefficient (Wildman–Crippen LogP) is 3.57. The van der Waals surface area contributed by atoms with E-state index in [1.807, 2.05) is 31.0 Å². The van der Waals surface area contributed by atoms with Crippen molar-refractivity contribution in [2.45, 2.75) is 6.92 Å². The number of likely N-dealkylation sites (N-methyl/N-ethyl adjacent to an activating group) is 1. The van der Waals surface area contributed by atoms with Crippen LogP contribution in [0.15, 0.2) is 54.3 Å². The van der Waals surface area contributed by atoms with Crippen LogP contribution in [-0.4, -0.2) is 11.9 Å². The van der Waals surface area contributed by atoms with Crippen LogP contribution in [0.3, 0.4) is 0 Å². The molecule has 2 rings (SSSR count). The zero-order valence-corrected chi connectivity index (χ0v) is 9.50. The third-order valence-electron chi connectivity index (χ3n) is 2.85. The van der Waals surface area contributed by atoms with Crippen molar-refractivity contribution in [1.82, 2.24) is 4.90 Å². The topological polar surface area (TPSA) is 3.24 Å². The number of halogens is 1. The quantitative estimate of drug-likeness (QED) is 0.692. The van der Waals surface area contributed by atoms with E-state index < -0.39 is 0 Å². The van der Waals surface area contributed by atoms with Gasteiger partial charge < -0.3 is 4.90 Å². The smallest absolute Gasteiger partial charge is 0.123 e. The lowest BCUT2D eigenvalue weighted by molar-refractivity contribution is 0.601. The first-order valence-electron chi connectivity index (χ1n) is 5.17.